The Morgan fingerprint density at radius 3 is 2.53 bits per heavy atom. The molecule has 0 saturated heterocycles. The van der Waals surface area contributed by atoms with Crippen LogP contribution in [0.1, 0.15) is 27.2 Å². The van der Waals surface area contributed by atoms with Crippen molar-refractivity contribution in [3.63, 3.8) is 0 Å². The first-order valence-electron chi connectivity index (χ1n) is 6.06. The lowest BCUT2D eigenvalue weighted by Crippen LogP contribution is -2.16. The van der Waals surface area contributed by atoms with Gasteiger partial charge in [0.1, 0.15) is 0 Å². The molecule has 6 heteroatoms. The third kappa shape index (κ3) is 3.44. The molecule has 4 N–H and O–H groups in total. The number of nitrogen functional groups attached to an aromatic ring is 1. The lowest BCUT2D eigenvalue weighted by atomic mass is 10.3. The Bertz CT molecular complexity index is 392. The molecule has 2 unspecified atom stereocenters. The van der Waals surface area contributed by atoms with E-state index in [9.17, 15) is 0 Å². The standard InChI is InChI=1S/C11H20N6/c1-6(2)14-11-16-9(12)15-10(17-11)13-5-8-4-7(8)3/h6-8H,4-5H2,1-3H3,(H4,12,13,14,15,16,17). The molecule has 94 valence electrons. The van der Waals surface area contributed by atoms with E-state index in [4.69, 9.17) is 5.73 Å². The highest BCUT2D eigenvalue weighted by Crippen LogP contribution is 2.37. The number of nitrogens with one attached hydrogen (secondary N) is 2. The minimum Gasteiger partial charge on any atom is -0.368 e. The van der Waals surface area contributed by atoms with Crippen molar-refractivity contribution in [2.24, 2.45) is 11.8 Å². The van der Waals surface area contributed by atoms with Gasteiger partial charge >= 0.3 is 0 Å². The quantitative estimate of drug-likeness (QED) is 0.715. The van der Waals surface area contributed by atoms with Crippen LogP contribution in [0.2, 0.25) is 0 Å². The van der Waals surface area contributed by atoms with Crippen LogP contribution in [0.4, 0.5) is 17.8 Å². The lowest BCUT2D eigenvalue weighted by molar-refractivity contribution is 0.779. The summed E-state index contributed by atoms with van der Waals surface area (Å²) >= 11 is 0. The van der Waals surface area contributed by atoms with Gasteiger partial charge in [-0.2, -0.15) is 15.0 Å². The molecule has 2 atom stereocenters. The van der Waals surface area contributed by atoms with Gasteiger partial charge in [-0.05, 0) is 32.1 Å². The molecule has 1 heterocycles. The molecule has 6 nitrogen and oxygen atoms in total. The van der Waals surface area contributed by atoms with E-state index in [0.29, 0.717) is 11.9 Å². The van der Waals surface area contributed by atoms with E-state index >= 15 is 0 Å². The molecule has 0 aromatic carbocycles. The van der Waals surface area contributed by atoms with Crippen molar-refractivity contribution in [2.75, 3.05) is 22.9 Å². The van der Waals surface area contributed by atoms with Gasteiger partial charge in [0, 0.05) is 12.6 Å². The molecular weight excluding hydrogens is 216 g/mol. The average Bonchev–Trinajstić information content (AvgIpc) is 2.90. The van der Waals surface area contributed by atoms with Crippen LogP contribution in [0.3, 0.4) is 0 Å². The second-order valence-corrected chi connectivity index (χ2v) is 4.99. The molecule has 17 heavy (non-hydrogen) atoms. The Morgan fingerprint density at radius 1 is 1.29 bits per heavy atom. The van der Waals surface area contributed by atoms with Crippen molar-refractivity contribution in [3.05, 3.63) is 0 Å². The minimum atomic E-state index is 0.245. The topological polar surface area (TPSA) is 88.8 Å². The Balaban J connectivity index is 1.97. The predicted molar refractivity (Wildman–Crippen MR) is 68.8 cm³/mol. The summed E-state index contributed by atoms with van der Waals surface area (Å²) in [6.45, 7) is 7.21. The molecule has 0 amide bonds. The zero-order valence-corrected chi connectivity index (χ0v) is 10.6. The van der Waals surface area contributed by atoms with Gasteiger partial charge < -0.3 is 16.4 Å². The van der Waals surface area contributed by atoms with Gasteiger partial charge in [0.25, 0.3) is 0 Å². The van der Waals surface area contributed by atoms with Crippen molar-refractivity contribution in [3.8, 4) is 0 Å². The van der Waals surface area contributed by atoms with Crippen LogP contribution >= 0.6 is 0 Å². The van der Waals surface area contributed by atoms with E-state index < -0.39 is 0 Å². The zero-order chi connectivity index (χ0) is 12.4. The average molecular weight is 236 g/mol. The van der Waals surface area contributed by atoms with Crippen molar-refractivity contribution in [1.29, 1.82) is 0 Å². The second kappa shape index (κ2) is 4.73. The number of hydrogen-bond donors (Lipinski definition) is 3. The fourth-order valence-corrected chi connectivity index (χ4v) is 1.70. The summed E-state index contributed by atoms with van der Waals surface area (Å²) in [7, 11) is 0. The van der Waals surface area contributed by atoms with Gasteiger partial charge in [-0.3, -0.25) is 0 Å². The highest BCUT2D eigenvalue weighted by molar-refractivity contribution is 5.40. The van der Waals surface area contributed by atoms with E-state index in [2.05, 4.69) is 32.5 Å². The molecule has 1 aliphatic rings. The normalized spacial score (nSPS) is 22.6. The van der Waals surface area contributed by atoms with Gasteiger partial charge in [-0.25, -0.2) is 0 Å². The first-order chi connectivity index (χ1) is 8.04. The molecule has 0 aliphatic heterocycles. The highest BCUT2D eigenvalue weighted by atomic mass is 15.2. The molecule has 1 aromatic rings. The van der Waals surface area contributed by atoms with Gasteiger partial charge in [-0.15, -0.1) is 0 Å². The van der Waals surface area contributed by atoms with Crippen LogP contribution in [-0.2, 0) is 0 Å². The Labute approximate surface area is 101 Å². The number of aromatic nitrogens is 3. The van der Waals surface area contributed by atoms with Crippen LogP contribution in [0, 0.1) is 11.8 Å². The summed E-state index contributed by atoms with van der Waals surface area (Å²) in [5.41, 5.74) is 5.64. The van der Waals surface area contributed by atoms with E-state index in [-0.39, 0.29) is 12.0 Å². The number of nitrogens with zero attached hydrogens (tertiary/aromatic N) is 3. The van der Waals surface area contributed by atoms with Crippen molar-refractivity contribution in [1.82, 2.24) is 15.0 Å². The maximum atomic E-state index is 5.64. The summed E-state index contributed by atoms with van der Waals surface area (Å²) in [5.74, 6) is 2.89. The molecule has 1 aliphatic carbocycles. The number of nitrogens with two attached hydrogens (primary N) is 1. The summed E-state index contributed by atoms with van der Waals surface area (Å²) in [5, 5.41) is 6.33. The third-order valence-electron chi connectivity index (χ3n) is 2.87. The summed E-state index contributed by atoms with van der Waals surface area (Å²) in [6.07, 6.45) is 1.28. The first kappa shape index (κ1) is 11.9. The summed E-state index contributed by atoms with van der Waals surface area (Å²) in [4.78, 5) is 12.4. The molecule has 0 radical (unpaired) electrons. The van der Waals surface area contributed by atoms with Crippen LogP contribution in [0.5, 0.6) is 0 Å². The number of rotatable bonds is 5. The van der Waals surface area contributed by atoms with E-state index in [1.807, 2.05) is 13.8 Å². The molecule has 1 saturated carbocycles. The SMILES string of the molecule is CC(C)Nc1nc(N)nc(NCC2CC2C)n1. The van der Waals surface area contributed by atoms with Crippen molar-refractivity contribution in [2.45, 2.75) is 33.2 Å². The highest BCUT2D eigenvalue weighted by Gasteiger charge is 2.32. The molecule has 2 rings (SSSR count). The zero-order valence-electron chi connectivity index (χ0n) is 10.6. The lowest BCUT2D eigenvalue weighted by Gasteiger charge is -2.10. The van der Waals surface area contributed by atoms with E-state index in [1.54, 1.807) is 0 Å². The van der Waals surface area contributed by atoms with Crippen LogP contribution in [0.25, 0.3) is 0 Å². The Morgan fingerprint density at radius 2 is 1.94 bits per heavy atom. The van der Waals surface area contributed by atoms with Gasteiger partial charge in [0.05, 0.1) is 0 Å². The van der Waals surface area contributed by atoms with Crippen LogP contribution in [0.15, 0.2) is 0 Å². The first-order valence-corrected chi connectivity index (χ1v) is 6.06. The third-order valence-corrected chi connectivity index (χ3v) is 2.87. The second-order valence-electron chi connectivity index (χ2n) is 4.99. The molecular formula is C11H20N6. The molecule has 1 aromatic heterocycles. The maximum Gasteiger partial charge on any atom is 0.229 e. The number of anilines is 3. The fraction of sp³-hybridized carbons (Fsp3) is 0.727. The smallest absolute Gasteiger partial charge is 0.229 e. The van der Waals surface area contributed by atoms with E-state index in [1.165, 1.54) is 6.42 Å². The number of hydrogen-bond acceptors (Lipinski definition) is 6. The van der Waals surface area contributed by atoms with Gasteiger partial charge in [-0.1, -0.05) is 6.92 Å². The van der Waals surface area contributed by atoms with Gasteiger partial charge in [0.2, 0.25) is 17.8 Å². The maximum absolute atomic E-state index is 5.64. The van der Waals surface area contributed by atoms with Crippen LogP contribution < -0.4 is 16.4 Å². The minimum absolute atomic E-state index is 0.245. The fourth-order valence-electron chi connectivity index (χ4n) is 1.70. The monoisotopic (exact) mass is 236 g/mol. The summed E-state index contributed by atoms with van der Waals surface area (Å²) in [6, 6.07) is 0.271. The Hall–Kier alpha value is -1.59. The molecule has 0 bridgehead atoms. The molecule has 0 spiro atoms. The van der Waals surface area contributed by atoms with Crippen molar-refractivity contribution >= 4 is 17.8 Å². The summed E-state index contributed by atoms with van der Waals surface area (Å²) < 4.78 is 0. The van der Waals surface area contributed by atoms with Crippen molar-refractivity contribution < 1.29 is 0 Å². The van der Waals surface area contributed by atoms with Gasteiger partial charge in [0.15, 0.2) is 0 Å². The predicted octanol–water partition coefficient (Wildman–Crippen LogP) is 1.34. The Kier molecular flexibility index (Phi) is 3.31. The largest absolute Gasteiger partial charge is 0.368 e. The van der Waals surface area contributed by atoms with E-state index in [0.717, 1.165) is 18.4 Å². The molecule has 1 fully saturated rings. The van der Waals surface area contributed by atoms with Crippen LogP contribution in [-0.4, -0.2) is 27.5 Å².